The molecule has 106 valence electrons. The van der Waals surface area contributed by atoms with E-state index in [1.54, 1.807) is 12.3 Å². The summed E-state index contributed by atoms with van der Waals surface area (Å²) in [6.07, 6.45) is 4.37. The molecule has 0 saturated carbocycles. The van der Waals surface area contributed by atoms with Crippen LogP contribution >= 0.6 is 23.2 Å². The molecule has 2 atom stereocenters. The first kappa shape index (κ1) is 13.7. The summed E-state index contributed by atoms with van der Waals surface area (Å²) in [5.74, 6) is 0.295. The van der Waals surface area contributed by atoms with E-state index in [-0.39, 0.29) is 17.7 Å². The van der Waals surface area contributed by atoms with Crippen molar-refractivity contribution in [3.63, 3.8) is 0 Å². The van der Waals surface area contributed by atoms with Crippen molar-refractivity contribution in [1.82, 2.24) is 20.3 Å². The Labute approximate surface area is 126 Å². The Morgan fingerprint density at radius 3 is 2.85 bits per heavy atom. The predicted octanol–water partition coefficient (Wildman–Crippen LogP) is 2.61. The molecule has 0 radical (unpaired) electrons. The second kappa shape index (κ2) is 5.60. The van der Waals surface area contributed by atoms with Crippen molar-refractivity contribution in [2.45, 2.75) is 18.4 Å². The molecule has 1 aromatic heterocycles. The minimum absolute atomic E-state index is 0.0920. The molecule has 2 aromatic rings. The second-order valence-electron chi connectivity index (χ2n) is 4.87. The quantitative estimate of drug-likeness (QED) is 0.894. The maximum Gasteiger partial charge on any atom is 0.120 e. The Kier molecular flexibility index (Phi) is 3.83. The van der Waals surface area contributed by atoms with Gasteiger partial charge in [-0.2, -0.15) is 0 Å². The Morgan fingerprint density at radius 2 is 2.10 bits per heavy atom. The maximum absolute atomic E-state index is 10.2. The molecule has 0 aliphatic carbocycles. The molecule has 3 rings (SSSR count). The number of halogens is 2. The molecule has 0 amide bonds. The first-order valence-corrected chi connectivity index (χ1v) is 7.17. The summed E-state index contributed by atoms with van der Waals surface area (Å²) in [6.45, 7) is 1.66. The van der Waals surface area contributed by atoms with Crippen LogP contribution in [-0.4, -0.2) is 33.2 Å². The maximum atomic E-state index is 10.2. The van der Waals surface area contributed by atoms with Crippen LogP contribution in [-0.2, 0) is 0 Å². The number of piperidine rings is 1. The van der Waals surface area contributed by atoms with Crippen LogP contribution in [0.1, 0.15) is 23.9 Å². The van der Waals surface area contributed by atoms with Crippen molar-refractivity contribution in [1.29, 1.82) is 0 Å². The van der Waals surface area contributed by atoms with Crippen LogP contribution in [0.2, 0.25) is 10.0 Å². The van der Waals surface area contributed by atoms with E-state index < -0.39 is 0 Å². The number of nitrogens with one attached hydrogen (secondary N) is 1. The lowest BCUT2D eigenvalue weighted by Crippen LogP contribution is -2.37. The average molecular weight is 313 g/mol. The largest absolute Gasteiger partial charge is 0.508 e. The monoisotopic (exact) mass is 312 g/mol. The normalized spacial score (nSPS) is 22.9. The molecular formula is C13H14Cl2N4O. The average Bonchev–Trinajstić information content (AvgIpc) is 2.97. The number of hydrogen-bond donors (Lipinski definition) is 2. The van der Waals surface area contributed by atoms with Crippen molar-refractivity contribution in [3.8, 4) is 5.75 Å². The third-order valence-corrected chi connectivity index (χ3v) is 4.42. The lowest BCUT2D eigenvalue weighted by Gasteiger charge is -2.32. The Hall–Kier alpha value is -1.30. The number of phenolic OH excluding ortho intramolecular Hbond substituents is 1. The van der Waals surface area contributed by atoms with E-state index in [9.17, 15) is 5.11 Å². The zero-order valence-electron chi connectivity index (χ0n) is 10.6. The summed E-state index contributed by atoms with van der Waals surface area (Å²) in [5.41, 5.74) is 0.807. The van der Waals surface area contributed by atoms with Gasteiger partial charge in [0.1, 0.15) is 5.75 Å². The minimum atomic E-state index is 0.0920. The summed E-state index contributed by atoms with van der Waals surface area (Å²) in [7, 11) is 0. The lowest BCUT2D eigenvalue weighted by atomic mass is 9.85. The number of phenols is 1. The zero-order chi connectivity index (χ0) is 14.1. The van der Waals surface area contributed by atoms with E-state index in [1.165, 1.54) is 6.07 Å². The number of aromatic hydroxyl groups is 1. The van der Waals surface area contributed by atoms with Gasteiger partial charge in [-0.1, -0.05) is 28.4 Å². The van der Waals surface area contributed by atoms with Gasteiger partial charge in [0.25, 0.3) is 0 Å². The predicted molar refractivity (Wildman–Crippen MR) is 77.4 cm³/mol. The van der Waals surface area contributed by atoms with Gasteiger partial charge in [-0.3, -0.25) is 0 Å². The highest BCUT2D eigenvalue weighted by Gasteiger charge is 2.30. The van der Waals surface area contributed by atoms with Gasteiger partial charge in [0.05, 0.1) is 22.3 Å². The molecule has 0 bridgehead atoms. The summed E-state index contributed by atoms with van der Waals surface area (Å²) >= 11 is 12.0. The van der Waals surface area contributed by atoms with Crippen LogP contribution in [0.4, 0.5) is 0 Å². The van der Waals surface area contributed by atoms with Crippen LogP contribution in [0.3, 0.4) is 0 Å². The molecule has 7 heteroatoms. The van der Waals surface area contributed by atoms with Crippen molar-refractivity contribution in [2.24, 2.45) is 0 Å². The molecule has 1 fully saturated rings. The van der Waals surface area contributed by atoms with Gasteiger partial charge >= 0.3 is 0 Å². The van der Waals surface area contributed by atoms with E-state index in [4.69, 9.17) is 23.2 Å². The summed E-state index contributed by atoms with van der Waals surface area (Å²) in [5, 5.41) is 22.3. The fourth-order valence-corrected chi connectivity index (χ4v) is 3.06. The van der Waals surface area contributed by atoms with E-state index in [0.717, 1.165) is 25.1 Å². The number of aromatic nitrogens is 3. The third-order valence-electron chi connectivity index (χ3n) is 3.70. The number of benzene rings is 1. The van der Waals surface area contributed by atoms with Crippen molar-refractivity contribution in [2.75, 3.05) is 13.1 Å². The molecule has 2 N–H and O–H groups in total. The highest BCUT2D eigenvalue weighted by molar-refractivity contribution is 6.42. The third kappa shape index (κ3) is 2.49. The molecule has 1 aromatic carbocycles. The van der Waals surface area contributed by atoms with E-state index >= 15 is 0 Å². The van der Waals surface area contributed by atoms with Gasteiger partial charge < -0.3 is 10.4 Å². The minimum Gasteiger partial charge on any atom is -0.508 e. The highest BCUT2D eigenvalue weighted by Crippen LogP contribution is 2.41. The fourth-order valence-electron chi connectivity index (χ4n) is 2.73. The number of nitrogens with zero attached hydrogens (tertiary/aromatic N) is 3. The fraction of sp³-hybridized carbons (Fsp3) is 0.385. The van der Waals surface area contributed by atoms with Crippen LogP contribution in [0.15, 0.2) is 24.5 Å². The molecule has 1 aliphatic rings. The van der Waals surface area contributed by atoms with E-state index in [0.29, 0.717) is 10.0 Å². The molecule has 1 saturated heterocycles. The van der Waals surface area contributed by atoms with Gasteiger partial charge in [0, 0.05) is 30.3 Å². The Bertz CT molecular complexity index is 603. The highest BCUT2D eigenvalue weighted by atomic mass is 35.5. The van der Waals surface area contributed by atoms with E-state index in [1.807, 2.05) is 10.9 Å². The molecule has 5 nitrogen and oxygen atoms in total. The summed E-state index contributed by atoms with van der Waals surface area (Å²) in [4.78, 5) is 0. The van der Waals surface area contributed by atoms with Crippen molar-refractivity contribution < 1.29 is 5.11 Å². The Morgan fingerprint density at radius 1 is 1.30 bits per heavy atom. The van der Waals surface area contributed by atoms with Crippen LogP contribution < -0.4 is 5.32 Å². The smallest absolute Gasteiger partial charge is 0.120 e. The Balaban J connectivity index is 2.00. The first-order valence-electron chi connectivity index (χ1n) is 6.41. The van der Waals surface area contributed by atoms with Gasteiger partial charge in [-0.25, -0.2) is 4.68 Å². The molecule has 2 unspecified atom stereocenters. The second-order valence-corrected chi connectivity index (χ2v) is 5.69. The van der Waals surface area contributed by atoms with Crippen LogP contribution in [0, 0.1) is 0 Å². The molecule has 1 aliphatic heterocycles. The SMILES string of the molecule is Oc1cc(Cl)c(Cl)cc1C1CCNCC1n1ccnn1. The molecule has 2 heterocycles. The first-order chi connectivity index (χ1) is 9.66. The topological polar surface area (TPSA) is 63.0 Å². The standard InChI is InChI=1S/C13H14Cl2N4O/c14-10-5-9(13(20)6-11(10)15)8-1-2-16-7-12(8)19-4-3-17-18-19/h3-6,8,12,16,20H,1-2,7H2. The zero-order valence-corrected chi connectivity index (χ0v) is 12.1. The van der Waals surface area contributed by atoms with E-state index in [2.05, 4.69) is 15.6 Å². The van der Waals surface area contributed by atoms with Gasteiger partial charge in [0.2, 0.25) is 0 Å². The molecule has 0 spiro atoms. The molecular weight excluding hydrogens is 299 g/mol. The van der Waals surface area contributed by atoms with Crippen molar-refractivity contribution >= 4 is 23.2 Å². The number of hydrogen-bond acceptors (Lipinski definition) is 4. The van der Waals surface area contributed by atoms with Gasteiger partial charge in [-0.05, 0) is 19.0 Å². The summed E-state index contributed by atoms with van der Waals surface area (Å²) in [6, 6.07) is 3.34. The van der Waals surface area contributed by atoms with Gasteiger partial charge in [-0.15, -0.1) is 5.10 Å². The summed E-state index contributed by atoms with van der Waals surface area (Å²) < 4.78 is 1.82. The van der Waals surface area contributed by atoms with Crippen molar-refractivity contribution in [3.05, 3.63) is 40.1 Å². The number of rotatable bonds is 2. The lowest BCUT2D eigenvalue weighted by molar-refractivity contribution is 0.292. The molecule has 20 heavy (non-hydrogen) atoms. The van der Waals surface area contributed by atoms with Crippen LogP contribution in [0.25, 0.3) is 0 Å². The van der Waals surface area contributed by atoms with Gasteiger partial charge in [0.15, 0.2) is 0 Å². The van der Waals surface area contributed by atoms with Crippen LogP contribution in [0.5, 0.6) is 5.75 Å².